The van der Waals surface area contributed by atoms with Gasteiger partial charge in [0.15, 0.2) is 0 Å². The molecule has 0 atom stereocenters. The summed E-state index contributed by atoms with van der Waals surface area (Å²) >= 11 is 0. The van der Waals surface area contributed by atoms with Crippen molar-refractivity contribution in [1.82, 2.24) is 0 Å². The molecule has 90 valence electrons. The van der Waals surface area contributed by atoms with E-state index in [4.69, 9.17) is 5.73 Å². The van der Waals surface area contributed by atoms with Crippen molar-refractivity contribution in [3.63, 3.8) is 0 Å². The van der Waals surface area contributed by atoms with Crippen LogP contribution < -0.4 is 5.73 Å². The Morgan fingerprint density at radius 2 is 1.71 bits per heavy atom. The van der Waals surface area contributed by atoms with Crippen molar-refractivity contribution in [2.75, 3.05) is 6.54 Å². The maximum absolute atomic E-state index is 5.76. The third-order valence-electron chi connectivity index (χ3n) is 3.46. The Labute approximate surface area is 104 Å². The fraction of sp³-hybridized carbons (Fsp3) is 0.375. The van der Waals surface area contributed by atoms with E-state index in [9.17, 15) is 0 Å². The first kappa shape index (κ1) is 12.1. The van der Waals surface area contributed by atoms with E-state index in [1.165, 1.54) is 16.3 Å². The van der Waals surface area contributed by atoms with E-state index in [2.05, 4.69) is 56.3 Å². The normalized spacial score (nSPS) is 11.9. The lowest BCUT2D eigenvalue weighted by Crippen LogP contribution is -2.23. The predicted molar refractivity (Wildman–Crippen MR) is 75.1 cm³/mol. The Kier molecular flexibility index (Phi) is 3.49. The topological polar surface area (TPSA) is 26.0 Å². The van der Waals surface area contributed by atoms with Crippen LogP contribution >= 0.6 is 0 Å². The van der Waals surface area contributed by atoms with Crippen LogP contribution in [0, 0.1) is 5.41 Å². The SMILES string of the molecule is CC(C)(CN)CCc1ccc2ccccc2c1. The van der Waals surface area contributed by atoms with Gasteiger partial charge in [0.1, 0.15) is 0 Å². The smallest absolute Gasteiger partial charge is 0.00257 e. The molecule has 1 heteroatoms. The molecule has 1 nitrogen and oxygen atoms in total. The largest absolute Gasteiger partial charge is 0.330 e. The molecular weight excluding hydrogens is 206 g/mol. The molecule has 2 aromatic rings. The number of fused-ring (bicyclic) bond motifs is 1. The molecule has 0 aromatic heterocycles. The standard InChI is InChI=1S/C16H21N/c1-16(2,12-17)10-9-13-7-8-14-5-3-4-6-15(14)11-13/h3-8,11H,9-10,12,17H2,1-2H3. The van der Waals surface area contributed by atoms with Crippen LogP contribution in [0.25, 0.3) is 10.8 Å². The molecule has 0 radical (unpaired) electrons. The summed E-state index contributed by atoms with van der Waals surface area (Å²) in [7, 11) is 0. The quantitative estimate of drug-likeness (QED) is 0.845. The van der Waals surface area contributed by atoms with Gasteiger partial charge in [-0.15, -0.1) is 0 Å². The van der Waals surface area contributed by atoms with Gasteiger partial charge in [0.2, 0.25) is 0 Å². The first-order valence-electron chi connectivity index (χ1n) is 6.28. The molecule has 0 heterocycles. The van der Waals surface area contributed by atoms with Gasteiger partial charge in [-0.25, -0.2) is 0 Å². The van der Waals surface area contributed by atoms with Gasteiger partial charge >= 0.3 is 0 Å². The summed E-state index contributed by atoms with van der Waals surface area (Å²) in [5, 5.41) is 2.64. The third kappa shape index (κ3) is 3.07. The van der Waals surface area contributed by atoms with Gasteiger partial charge in [0.05, 0.1) is 0 Å². The van der Waals surface area contributed by atoms with Crippen molar-refractivity contribution in [2.45, 2.75) is 26.7 Å². The van der Waals surface area contributed by atoms with E-state index in [1.807, 2.05) is 0 Å². The van der Waals surface area contributed by atoms with Crippen LogP contribution in [0.15, 0.2) is 42.5 Å². The lowest BCUT2D eigenvalue weighted by Gasteiger charge is -2.22. The zero-order valence-corrected chi connectivity index (χ0v) is 10.7. The minimum absolute atomic E-state index is 0.242. The number of aryl methyl sites for hydroxylation is 1. The molecule has 0 aliphatic carbocycles. The van der Waals surface area contributed by atoms with Crippen molar-refractivity contribution in [3.8, 4) is 0 Å². The summed E-state index contributed by atoms with van der Waals surface area (Å²) in [6.45, 7) is 5.21. The third-order valence-corrected chi connectivity index (χ3v) is 3.46. The van der Waals surface area contributed by atoms with E-state index in [0.717, 1.165) is 19.4 Å². The van der Waals surface area contributed by atoms with Crippen LogP contribution in [-0.4, -0.2) is 6.54 Å². The van der Waals surface area contributed by atoms with Crippen LogP contribution in [0.5, 0.6) is 0 Å². The average molecular weight is 227 g/mol. The summed E-state index contributed by atoms with van der Waals surface area (Å²) in [6, 6.07) is 15.2. The Morgan fingerprint density at radius 1 is 1.00 bits per heavy atom. The van der Waals surface area contributed by atoms with E-state index in [1.54, 1.807) is 0 Å². The van der Waals surface area contributed by atoms with Crippen molar-refractivity contribution >= 4 is 10.8 Å². The van der Waals surface area contributed by atoms with Crippen molar-refractivity contribution in [1.29, 1.82) is 0 Å². The Morgan fingerprint density at radius 3 is 2.41 bits per heavy atom. The molecule has 0 unspecified atom stereocenters. The van der Waals surface area contributed by atoms with Gasteiger partial charge in [-0.2, -0.15) is 0 Å². The van der Waals surface area contributed by atoms with Crippen LogP contribution in [0.3, 0.4) is 0 Å². The highest BCUT2D eigenvalue weighted by Gasteiger charge is 2.14. The predicted octanol–water partition coefficient (Wildman–Crippen LogP) is 3.76. The lowest BCUT2D eigenvalue weighted by molar-refractivity contribution is 0.348. The lowest BCUT2D eigenvalue weighted by atomic mass is 9.86. The number of benzene rings is 2. The average Bonchev–Trinajstić information content (AvgIpc) is 2.36. The molecule has 0 saturated heterocycles. The highest BCUT2D eigenvalue weighted by atomic mass is 14.6. The van der Waals surface area contributed by atoms with Crippen LogP contribution in [-0.2, 0) is 6.42 Å². The molecular formula is C16H21N. The van der Waals surface area contributed by atoms with Gasteiger partial charge < -0.3 is 5.73 Å². The molecule has 0 fully saturated rings. The minimum Gasteiger partial charge on any atom is -0.330 e. The van der Waals surface area contributed by atoms with E-state index in [-0.39, 0.29) is 5.41 Å². The highest BCUT2D eigenvalue weighted by molar-refractivity contribution is 5.82. The van der Waals surface area contributed by atoms with Crippen molar-refractivity contribution in [2.24, 2.45) is 11.1 Å². The number of nitrogens with two attached hydrogens (primary N) is 1. The minimum atomic E-state index is 0.242. The Bertz CT molecular complexity index is 500. The second-order valence-corrected chi connectivity index (χ2v) is 5.55. The first-order valence-corrected chi connectivity index (χ1v) is 6.28. The molecule has 0 aliphatic heterocycles. The molecule has 0 aliphatic rings. The second-order valence-electron chi connectivity index (χ2n) is 5.55. The fourth-order valence-electron chi connectivity index (χ4n) is 1.98. The molecule has 0 spiro atoms. The summed E-state index contributed by atoms with van der Waals surface area (Å²) < 4.78 is 0. The van der Waals surface area contributed by atoms with Crippen molar-refractivity contribution < 1.29 is 0 Å². The van der Waals surface area contributed by atoms with Gasteiger partial charge in [-0.1, -0.05) is 56.3 Å². The Hall–Kier alpha value is -1.34. The number of rotatable bonds is 4. The van der Waals surface area contributed by atoms with E-state index in [0.29, 0.717) is 0 Å². The van der Waals surface area contributed by atoms with E-state index >= 15 is 0 Å². The summed E-state index contributed by atoms with van der Waals surface area (Å²) in [5.41, 5.74) is 7.41. The molecule has 0 saturated carbocycles. The van der Waals surface area contributed by atoms with Gasteiger partial charge in [-0.3, -0.25) is 0 Å². The van der Waals surface area contributed by atoms with Crippen molar-refractivity contribution in [3.05, 3.63) is 48.0 Å². The number of hydrogen-bond donors (Lipinski definition) is 1. The molecule has 0 bridgehead atoms. The second kappa shape index (κ2) is 4.89. The van der Waals surface area contributed by atoms with Gasteiger partial charge in [0.25, 0.3) is 0 Å². The first-order chi connectivity index (χ1) is 8.11. The summed E-state index contributed by atoms with van der Waals surface area (Å²) in [5.74, 6) is 0. The zero-order chi connectivity index (χ0) is 12.3. The van der Waals surface area contributed by atoms with E-state index < -0.39 is 0 Å². The molecule has 17 heavy (non-hydrogen) atoms. The molecule has 2 rings (SSSR count). The maximum atomic E-state index is 5.76. The van der Waals surface area contributed by atoms with Crippen LogP contribution in [0.2, 0.25) is 0 Å². The summed E-state index contributed by atoms with van der Waals surface area (Å²) in [4.78, 5) is 0. The Balaban J connectivity index is 2.14. The fourth-order valence-corrected chi connectivity index (χ4v) is 1.98. The van der Waals surface area contributed by atoms with Gasteiger partial charge in [0, 0.05) is 0 Å². The highest BCUT2D eigenvalue weighted by Crippen LogP contribution is 2.23. The molecule has 2 aromatic carbocycles. The molecule has 0 amide bonds. The zero-order valence-electron chi connectivity index (χ0n) is 10.7. The summed E-state index contributed by atoms with van der Waals surface area (Å²) in [6.07, 6.45) is 2.25. The van der Waals surface area contributed by atoms with Crippen LogP contribution in [0.4, 0.5) is 0 Å². The monoisotopic (exact) mass is 227 g/mol. The van der Waals surface area contributed by atoms with Gasteiger partial charge in [-0.05, 0) is 41.1 Å². The molecule has 2 N–H and O–H groups in total. The maximum Gasteiger partial charge on any atom is -0.00257 e. The van der Waals surface area contributed by atoms with Crippen LogP contribution in [0.1, 0.15) is 25.8 Å². The number of hydrogen-bond acceptors (Lipinski definition) is 1.